The number of nitrogens with one attached hydrogen (secondary N) is 1. The predicted molar refractivity (Wildman–Crippen MR) is 98.2 cm³/mol. The van der Waals surface area contributed by atoms with Crippen molar-refractivity contribution < 1.29 is 4.74 Å². The fourth-order valence-electron chi connectivity index (χ4n) is 3.06. The van der Waals surface area contributed by atoms with Crippen molar-refractivity contribution in [1.82, 2.24) is 14.8 Å². The van der Waals surface area contributed by atoms with Gasteiger partial charge in [-0.05, 0) is 50.5 Å². The van der Waals surface area contributed by atoms with Gasteiger partial charge < -0.3 is 10.1 Å². The molecule has 0 unspecified atom stereocenters. The van der Waals surface area contributed by atoms with Crippen LogP contribution in [0, 0.1) is 0 Å². The highest BCUT2D eigenvalue weighted by atomic mass is 16.5. The number of anilines is 1. The average molecular weight is 334 g/mol. The monoisotopic (exact) mass is 334 g/mol. The topological polar surface area (TPSA) is 52.0 Å². The van der Waals surface area contributed by atoms with Crippen molar-refractivity contribution in [1.29, 1.82) is 0 Å². The first-order chi connectivity index (χ1) is 12.1. The number of fused-ring (bicyclic) bond motifs is 1. The quantitative estimate of drug-likeness (QED) is 0.784. The van der Waals surface area contributed by atoms with Crippen LogP contribution in [0.3, 0.4) is 0 Å². The number of aryl methyl sites for hydroxylation is 1. The summed E-state index contributed by atoms with van der Waals surface area (Å²) >= 11 is 0. The highest BCUT2D eigenvalue weighted by Crippen LogP contribution is 2.38. The standard InChI is InChI=1S/C20H22N4O/c1-20(2)12-11-15-7-6-10-17(19(15)25-20)21-13-18-22-14-24(23-18)16-8-4-3-5-9-16/h3-10,14,21H,11-13H2,1-2H3. The van der Waals surface area contributed by atoms with Gasteiger partial charge in [0.05, 0.1) is 17.9 Å². The summed E-state index contributed by atoms with van der Waals surface area (Å²) in [5.74, 6) is 1.71. The van der Waals surface area contributed by atoms with E-state index in [0.29, 0.717) is 6.54 Å². The number of aromatic nitrogens is 3. The van der Waals surface area contributed by atoms with Gasteiger partial charge in [-0.3, -0.25) is 0 Å². The van der Waals surface area contributed by atoms with E-state index >= 15 is 0 Å². The first-order valence-corrected chi connectivity index (χ1v) is 8.61. The number of rotatable bonds is 4. The molecule has 0 atom stereocenters. The molecule has 0 saturated carbocycles. The van der Waals surface area contributed by atoms with Crippen LogP contribution in [0.15, 0.2) is 54.9 Å². The van der Waals surface area contributed by atoms with E-state index in [0.717, 1.165) is 35.8 Å². The van der Waals surface area contributed by atoms with E-state index in [1.807, 2.05) is 30.3 Å². The van der Waals surface area contributed by atoms with Crippen molar-refractivity contribution in [2.45, 2.75) is 38.8 Å². The zero-order valence-corrected chi connectivity index (χ0v) is 14.6. The minimum Gasteiger partial charge on any atom is -0.485 e. The lowest BCUT2D eigenvalue weighted by Gasteiger charge is -2.33. The van der Waals surface area contributed by atoms with Crippen LogP contribution in [0.25, 0.3) is 5.69 Å². The molecule has 4 rings (SSSR count). The molecule has 1 aliphatic rings. The molecule has 0 amide bonds. The predicted octanol–water partition coefficient (Wildman–Crippen LogP) is 3.98. The fourth-order valence-corrected chi connectivity index (χ4v) is 3.06. The Kier molecular flexibility index (Phi) is 3.92. The van der Waals surface area contributed by atoms with Crippen LogP contribution in [0.5, 0.6) is 5.75 Å². The molecule has 0 bridgehead atoms. The summed E-state index contributed by atoms with van der Waals surface area (Å²) in [5.41, 5.74) is 3.13. The molecule has 1 aromatic heterocycles. The van der Waals surface area contributed by atoms with Crippen LogP contribution in [-0.4, -0.2) is 20.4 Å². The summed E-state index contributed by atoms with van der Waals surface area (Å²) < 4.78 is 7.99. The Morgan fingerprint density at radius 3 is 2.80 bits per heavy atom. The summed E-state index contributed by atoms with van der Waals surface area (Å²) in [6, 6.07) is 16.2. The van der Waals surface area contributed by atoms with Gasteiger partial charge in [-0.1, -0.05) is 30.3 Å². The molecule has 0 saturated heterocycles. The Hall–Kier alpha value is -2.82. The van der Waals surface area contributed by atoms with Gasteiger partial charge in [0.15, 0.2) is 5.82 Å². The van der Waals surface area contributed by atoms with E-state index in [1.54, 1.807) is 11.0 Å². The third-order valence-corrected chi connectivity index (χ3v) is 4.47. The van der Waals surface area contributed by atoms with Gasteiger partial charge in [0.25, 0.3) is 0 Å². The van der Waals surface area contributed by atoms with Crippen LogP contribution >= 0.6 is 0 Å². The number of hydrogen-bond donors (Lipinski definition) is 1. The molecule has 1 aliphatic heterocycles. The van der Waals surface area contributed by atoms with E-state index in [-0.39, 0.29) is 5.60 Å². The second-order valence-electron chi connectivity index (χ2n) is 6.95. The summed E-state index contributed by atoms with van der Waals surface area (Å²) in [6.45, 7) is 4.83. The lowest BCUT2D eigenvalue weighted by atomic mass is 9.94. The maximum absolute atomic E-state index is 6.20. The van der Waals surface area contributed by atoms with E-state index < -0.39 is 0 Å². The van der Waals surface area contributed by atoms with E-state index in [4.69, 9.17) is 4.74 Å². The first kappa shape index (κ1) is 15.7. The lowest BCUT2D eigenvalue weighted by Crippen LogP contribution is -2.33. The van der Waals surface area contributed by atoms with Gasteiger partial charge in [-0.15, -0.1) is 5.10 Å². The first-order valence-electron chi connectivity index (χ1n) is 8.61. The van der Waals surface area contributed by atoms with Gasteiger partial charge in [-0.2, -0.15) is 0 Å². The maximum Gasteiger partial charge on any atom is 0.170 e. The SMILES string of the molecule is CC1(C)CCc2cccc(NCc3ncn(-c4ccccc4)n3)c2O1. The molecule has 5 heteroatoms. The Morgan fingerprint density at radius 2 is 1.96 bits per heavy atom. The number of ether oxygens (including phenoxy) is 1. The molecule has 0 fully saturated rings. The van der Waals surface area contributed by atoms with Crippen molar-refractivity contribution in [2.75, 3.05) is 5.32 Å². The van der Waals surface area contributed by atoms with Crippen molar-refractivity contribution in [2.24, 2.45) is 0 Å². The molecule has 0 radical (unpaired) electrons. The lowest BCUT2D eigenvalue weighted by molar-refractivity contribution is 0.0856. The highest BCUT2D eigenvalue weighted by Gasteiger charge is 2.28. The molecule has 0 aliphatic carbocycles. The normalized spacial score (nSPS) is 15.3. The zero-order chi connectivity index (χ0) is 17.3. The van der Waals surface area contributed by atoms with Gasteiger partial charge in [0.2, 0.25) is 0 Å². The molecule has 5 nitrogen and oxygen atoms in total. The second-order valence-corrected chi connectivity index (χ2v) is 6.95. The zero-order valence-electron chi connectivity index (χ0n) is 14.6. The van der Waals surface area contributed by atoms with Crippen molar-refractivity contribution in [3.63, 3.8) is 0 Å². The molecule has 25 heavy (non-hydrogen) atoms. The molecule has 2 aromatic carbocycles. The third kappa shape index (κ3) is 3.36. The van der Waals surface area contributed by atoms with Gasteiger partial charge in [-0.25, -0.2) is 9.67 Å². The second kappa shape index (κ2) is 6.24. The molecular weight excluding hydrogens is 312 g/mol. The Labute approximate surface area is 147 Å². The summed E-state index contributed by atoms with van der Waals surface area (Å²) in [4.78, 5) is 4.40. The van der Waals surface area contributed by atoms with Crippen LogP contribution < -0.4 is 10.1 Å². The fraction of sp³-hybridized carbons (Fsp3) is 0.300. The Bertz CT molecular complexity index is 870. The van der Waals surface area contributed by atoms with Gasteiger partial charge in [0, 0.05) is 0 Å². The molecule has 128 valence electrons. The smallest absolute Gasteiger partial charge is 0.170 e. The largest absolute Gasteiger partial charge is 0.485 e. The van der Waals surface area contributed by atoms with Crippen LogP contribution in [0.1, 0.15) is 31.7 Å². The van der Waals surface area contributed by atoms with Crippen LogP contribution in [0.2, 0.25) is 0 Å². The van der Waals surface area contributed by atoms with Gasteiger partial charge >= 0.3 is 0 Å². The van der Waals surface area contributed by atoms with E-state index in [9.17, 15) is 0 Å². The highest BCUT2D eigenvalue weighted by molar-refractivity contribution is 5.61. The minimum atomic E-state index is -0.127. The summed E-state index contributed by atoms with van der Waals surface area (Å²) in [5, 5.41) is 7.97. The number of benzene rings is 2. The minimum absolute atomic E-state index is 0.127. The van der Waals surface area contributed by atoms with Crippen molar-refractivity contribution in [3.8, 4) is 11.4 Å². The average Bonchev–Trinajstić information content (AvgIpc) is 3.09. The molecule has 2 heterocycles. The Morgan fingerprint density at radius 1 is 1.12 bits per heavy atom. The van der Waals surface area contributed by atoms with Crippen LogP contribution in [-0.2, 0) is 13.0 Å². The third-order valence-electron chi connectivity index (χ3n) is 4.47. The number of nitrogens with zero attached hydrogens (tertiary/aromatic N) is 3. The maximum atomic E-state index is 6.20. The van der Waals surface area contributed by atoms with Crippen molar-refractivity contribution in [3.05, 3.63) is 66.2 Å². The molecule has 3 aromatic rings. The van der Waals surface area contributed by atoms with Crippen molar-refractivity contribution >= 4 is 5.69 Å². The molecular formula is C20H22N4O. The number of hydrogen-bond acceptors (Lipinski definition) is 4. The number of para-hydroxylation sites is 2. The van der Waals surface area contributed by atoms with Crippen LogP contribution in [0.4, 0.5) is 5.69 Å². The molecule has 1 N–H and O–H groups in total. The van der Waals surface area contributed by atoms with E-state index in [2.05, 4.69) is 47.4 Å². The van der Waals surface area contributed by atoms with E-state index in [1.165, 1.54) is 5.56 Å². The molecule has 0 spiro atoms. The van der Waals surface area contributed by atoms with Gasteiger partial charge in [0.1, 0.15) is 17.7 Å². The summed E-state index contributed by atoms with van der Waals surface area (Å²) in [7, 11) is 0. The Balaban J connectivity index is 1.50. The summed E-state index contributed by atoms with van der Waals surface area (Å²) in [6.07, 6.45) is 3.82.